The van der Waals surface area contributed by atoms with Gasteiger partial charge in [0.2, 0.25) is 0 Å². The Labute approximate surface area is 108 Å². The third-order valence-electron chi connectivity index (χ3n) is 2.66. The molecule has 0 saturated heterocycles. The van der Waals surface area contributed by atoms with Crippen LogP contribution in [0.5, 0.6) is 5.75 Å². The quantitative estimate of drug-likeness (QED) is 0.850. The first kappa shape index (κ1) is 12.5. The molecule has 1 N–H and O–H groups in total. The Bertz CT molecular complexity index is 493. The smallest absolute Gasteiger partial charge is 0.119 e. The molecule has 2 rings (SSSR count). The first-order valence-corrected chi connectivity index (χ1v) is 6.30. The van der Waals surface area contributed by atoms with Gasteiger partial charge >= 0.3 is 0 Å². The lowest BCUT2D eigenvalue weighted by molar-refractivity contribution is 0.340. The zero-order valence-electron chi connectivity index (χ0n) is 10.9. The third-order valence-corrected chi connectivity index (χ3v) is 2.66. The van der Waals surface area contributed by atoms with Gasteiger partial charge in [-0.1, -0.05) is 12.1 Å². The minimum atomic E-state index is 0.695. The predicted molar refractivity (Wildman–Crippen MR) is 72.8 cm³/mol. The molecule has 0 aliphatic rings. The van der Waals surface area contributed by atoms with Crippen LogP contribution in [0, 0.1) is 0 Å². The maximum atomic E-state index is 5.48. The lowest BCUT2D eigenvalue weighted by Crippen LogP contribution is -1.99. The number of benzene rings is 1. The highest BCUT2D eigenvalue weighted by molar-refractivity contribution is 5.40. The zero-order valence-corrected chi connectivity index (χ0v) is 10.9. The van der Waals surface area contributed by atoms with Gasteiger partial charge in [-0.3, -0.25) is 4.68 Å². The topological polar surface area (TPSA) is 39.1 Å². The van der Waals surface area contributed by atoms with Gasteiger partial charge in [-0.25, -0.2) is 0 Å². The fourth-order valence-electron chi connectivity index (χ4n) is 1.74. The van der Waals surface area contributed by atoms with Gasteiger partial charge in [0.05, 0.1) is 18.5 Å². The van der Waals surface area contributed by atoms with Crippen LogP contribution in [0.15, 0.2) is 36.7 Å². The first-order chi connectivity index (χ1) is 8.81. The molecule has 0 aliphatic carbocycles. The highest BCUT2D eigenvalue weighted by Crippen LogP contribution is 2.15. The van der Waals surface area contributed by atoms with Crippen LogP contribution in [0.2, 0.25) is 0 Å². The molecular weight excluding hydrogens is 226 g/mol. The molecule has 18 heavy (non-hydrogen) atoms. The van der Waals surface area contributed by atoms with Gasteiger partial charge in [-0.05, 0) is 31.5 Å². The first-order valence-electron chi connectivity index (χ1n) is 6.30. The summed E-state index contributed by atoms with van der Waals surface area (Å²) in [5, 5.41) is 7.57. The van der Waals surface area contributed by atoms with E-state index >= 15 is 0 Å². The van der Waals surface area contributed by atoms with Crippen LogP contribution in [0.1, 0.15) is 19.4 Å². The number of aromatic nitrogens is 2. The van der Waals surface area contributed by atoms with E-state index in [2.05, 4.69) is 29.5 Å². The summed E-state index contributed by atoms with van der Waals surface area (Å²) in [6.07, 6.45) is 3.85. The van der Waals surface area contributed by atoms with E-state index in [0.29, 0.717) is 6.61 Å². The SMILES string of the molecule is CCOc1cccc(CNc2cnn(CC)c2)c1. The molecular formula is C14H19N3O. The van der Waals surface area contributed by atoms with Crippen molar-refractivity contribution in [3.05, 3.63) is 42.2 Å². The van der Waals surface area contributed by atoms with E-state index < -0.39 is 0 Å². The standard InChI is InChI=1S/C14H19N3O/c1-3-17-11-13(10-16-17)15-9-12-6-5-7-14(8-12)18-4-2/h5-8,10-11,15H,3-4,9H2,1-2H3. The molecule has 1 aromatic carbocycles. The Morgan fingerprint density at radius 3 is 2.94 bits per heavy atom. The predicted octanol–water partition coefficient (Wildman–Crippen LogP) is 2.91. The summed E-state index contributed by atoms with van der Waals surface area (Å²) >= 11 is 0. The van der Waals surface area contributed by atoms with Crippen molar-refractivity contribution in [3.63, 3.8) is 0 Å². The largest absolute Gasteiger partial charge is 0.494 e. The molecule has 0 amide bonds. The molecule has 1 aromatic heterocycles. The normalized spacial score (nSPS) is 10.3. The second-order valence-electron chi connectivity index (χ2n) is 4.02. The van der Waals surface area contributed by atoms with Crippen molar-refractivity contribution in [2.24, 2.45) is 0 Å². The molecule has 0 unspecified atom stereocenters. The Morgan fingerprint density at radius 1 is 1.33 bits per heavy atom. The van der Waals surface area contributed by atoms with E-state index in [-0.39, 0.29) is 0 Å². The van der Waals surface area contributed by atoms with E-state index in [4.69, 9.17) is 4.74 Å². The number of hydrogen-bond acceptors (Lipinski definition) is 3. The van der Waals surface area contributed by atoms with Gasteiger partial charge in [-0.15, -0.1) is 0 Å². The fourth-order valence-corrected chi connectivity index (χ4v) is 1.74. The van der Waals surface area contributed by atoms with Gasteiger partial charge in [0.25, 0.3) is 0 Å². The molecule has 0 fully saturated rings. The Hall–Kier alpha value is -1.97. The van der Waals surface area contributed by atoms with E-state index in [1.165, 1.54) is 5.56 Å². The van der Waals surface area contributed by atoms with Crippen LogP contribution in [-0.2, 0) is 13.1 Å². The van der Waals surface area contributed by atoms with E-state index in [1.54, 1.807) is 0 Å². The number of hydrogen-bond donors (Lipinski definition) is 1. The summed E-state index contributed by atoms with van der Waals surface area (Å²) in [5.41, 5.74) is 2.24. The van der Waals surface area contributed by atoms with Crippen molar-refractivity contribution < 1.29 is 4.74 Å². The summed E-state index contributed by atoms with van der Waals surface area (Å²) in [7, 11) is 0. The Balaban J connectivity index is 1.94. The van der Waals surface area contributed by atoms with Crippen LogP contribution in [0.3, 0.4) is 0 Å². The molecule has 0 bridgehead atoms. The van der Waals surface area contributed by atoms with Crippen molar-refractivity contribution in [3.8, 4) is 5.75 Å². The third kappa shape index (κ3) is 3.26. The summed E-state index contributed by atoms with van der Waals surface area (Å²) < 4.78 is 7.38. The number of rotatable bonds is 6. The second kappa shape index (κ2) is 6.10. The number of aryl methyl sites for hydroxylation is 1. The maximum Gasteiger partial charge on any atom is 0.119 e. The van der Waals surface area contributed by atoms with Gasteiger partial charge in [-0.2, -0.15) is 5.10 Å². The molecule has 0 aliphatic heterocycles. The second-order valence-corrected chi connectivity index (χ2v) is 4.02. The monoisotopic (exact) mass is 245 g/mol. The Kier molecular flexibility index (Phi) is 4.23. The minimum Gasteiger partial charge on any atom is -0.494 e. The molecule has 0 radical (unpaired) electrons. The van der Waals surface area contributed by atoms with E-state index in [1.807, 2.05) is 36.1 Å². The summed E-state index contributed by atoms with van der Waals surface area (Å²) in [5.74, 6) is 0.918. The van der Waals surface area contributed by atoms with Crippen molar-refractivity contribution >= 4 is 5.69 Å². The van der Waals surface area contributed by atoms with E-state index in [0.717, 1.165) is 24.5 Å². The maximum absolute atomic E-state index is 5.48. The van der Waals surface area contributed by atoms with Gasteiger partial charge < -0.3 is 10.1 Å². The highest BCUT2D eigenvalue weighted by atomic mass is 16.5. The number of nitrogens with one attached hydrogen (secondary N) is 1. The average Bonchev–Trinajstić information content (AvgIpc) is 2.85. The molecule has 2 aromatic rings. The summed E-state index contributed by atoms with van der Waals surface area (Å²) in [6, 6.07) is 8.13. The molecule has 4 nitrogen and oxygen atoms in total. The van der Waals surface area contributed by atoms with Crippen molar-refractivity contribution in [2.45, 2.75) is 26.9 Å². The van der Waals surface area contributed by atoms with Crippen LogP contribution >= 0.6 is 0 Å². The summed E-state index contributed by atoms with van der Waals surface area (Å²) in [4.78, 5) is 0. The van der Waals surface area contributed by atoms with Crippen LogP contribution in [0.4, 0.5) is 5.69 Å². The van der Waals surface area contributed by atoms with Crippen LogP contribution < -0.4 is 10.1 Å². The van der Waals surface area contributed by atoms with Crippen molar-refractivity contribution in [1.82, 2.24) is 9.78 Å². The van der Waals surface area contributed by atoms with Gasteiger partial charge in [0.15, 0.2) is 0 Å². The molecule has 4 heteroatoms. The van der Waals surface area contributed by atoms with Crippen LogP contribution in [0.25, 0.3) is 0 Å². The fraction of sp³-hybridized carbons (Fsp3) is 0.357. The molecule has 96 valence electrons. The Morgan fingerprint density at radius 2 is 2.22 bits per heavy atom. The van der Waals surface area contributed by atoms with Crippen molar-refractivity contribution in [2.75, 3.05) is 11.9 Å². The molecule has 1 heterocycles. The number of ether oxygens (including phenoxy) is 1. The zero-order chi connectivity index (χ0) is 12.8. The van der Waals surface area contributed by atoms with Crippen molar-refractivity contribution in [1.29, 1.82) is 0 Å². The average molecular weight is 245 g/mol. The molecule has 0 spiro atoms. The van der Waals surface area contributed by atoms with E-state index in [9.17, 15) is 0 Å². The highest BCUT2D eigenvalue weighted by Gasteiger charge is 1.99. The number of nitrogens with zero attached hydrogens (tertiary/aromatic N) is 2. The van der Waals surface area contributed by atoms with Gasteiger partial charge in [0.1, 0.15) is 5.75 Å². The molecule has 0 saturated carbocycles. The minimum absolute atomic E-state index is 0.695. The lowest BCUT2D eigenvalue weighted by atomic mass is 10.2. The van der Waals surface area contributed by atoms with Crippen LogP contribution in [-0.4, -0.2) is 16.4 Å². The van der Waals surface area contributed by atoms with Gasteiger partial charge in [0, 0.05) is 19.3 Å². The molecule has 0 atom stereocenters. The number of anilines is 1. The lowest BCUT2D eigenvalue weighted by Gasteiger charge is -2.07. The summed E-state index contributed by atoms with van der Waals surface area (Å²) in [6.45, 7) is 6.42.